The van der Waals surface area contributed by atoms with Crippen LogP contribution in [-0.2, 0) is 22.7 Å². The fourth-order valence-electron chi connectivity index (χ4n) is 3.74. The smallest absolute Gasteiger partial charge is 0.255 e. The minimum atomic E-state index is -0.690. The number of fused-ring (bicyclic) bond motifs is 1. The molecule has 0 unspecified atom stereocenters. The molecule has 29 heavy (non-hydrogen) atoms. The molecule has 1 fully saturated rings. The van der Waals surface area contributed by atoms with Crippen LogP contribution in [0.2, 0.25) is 0 Å². The first-order valence-electron chi connectivity index (χ1n) is 9.17. The van der Waals surface area contributed by atoms with E-state index in [0.29, 0.717) is 23.2 Å². The van der Waals surface area contributed by atoms with Gasteiger partial charge in [-0.25, -0.2) is 4.39 Å². The Balaban J connectivity index is 1.55. The second-order valence-electron chi connectivity index (χ2n) is 6.98. The summed E-state index contributed by atoms with van der Waals surface area (Å²) >= 11 is 0. The molecule has 2 aliphatic heterocycles. The Morgan fingerprint density at radius 2 is 2.00 bits per heavy atom. The Hall–Kier alpha value is -3.73. The van der Waals surface area contributed by atoms with Gasteiger partial charge in [-0.15, -0.1) is 0 Å². The molecule has 0 radical (unpaired) electrons. The molecule has 0 bridgehead atoms. The highest BCUT2D eigenvalue weighted by atomic mass is 19.1. The molecule has 1 saturated heterocycles. The van der Waals surface area contributed by atoms with Gasteiger partial charge in [-0.1, -0.05) is 18.2 Å². The summed E-state index contributed by atoms with van der Waals surface area (Å²) in [7, 11) is 0. The second kappa shape index (κ2) is 7.36. The lowest BCUT2D eigenvalue weighted by molar-refractivity contribution is -0.136. The lowest BCUT2D eigenvalue weighted by Gasteiger charge is -2.29. The number of anilines is 1. The first-order chi connectivity index (χ1) is 14.0. The van der Waals surface area contributed by atoms with Crippen molar-refractivity contribution < 1.29 is 18.8 Å². The van der Waals surface area contributed by atoms with Crippen LogP contribution in [0.15, 0.2) is 36.4 Å². The number of hydrogen-bond acceptors (Lipinski definition) is 5. The molecular formula is C21H17FN4O3. The molecule has 3 amide bonds. The van der Waals surface area contributed by atoms with Gasteiger partial charge >= 0.3 is 0 Å². The number of rotatable bonds is 4. The van der Waals surface area contributed by atoms with E-state index in [2.05, 4.69) is 10.6 Å². The van der Waals surface area contributed by atoms with Crippen molar-refractivity contribution in [2.24, 2.45) is 0 Å². The average Bonchev–Trinajstić information content (AvgIpc) is 3.04. The van der Waals surface area contributed by atoms with E-state index in [-0.39, 0.29) is 36.9 Å². The molecule has 0 aromatic heterocycles. The van der Waals surface area contributed by atoms with Gasteiger partial charge in [0.2, 0.25) is 11.8 Å². The van der Waals surface area contributed by atoms with Crippen molar-refractivity contribution in [1.82, 2.24) is 10.2 Å². The van der Waals surface area contributed by atoms with Crippen LogP contribution in [0, 0.1) is 17.1 Å². The molecule has 0 aliphatic carbocycles. The number of halogens is 1. The van der Waals surface area contributed by atoms with E-state index in [0.717, 1.165) is 5.56 Å². The van der Waals surface area contributed by atoms with Crippen molar-refractivity contribution in [2.45, 2.75) is 32.0 Å². The fourth-order valence-corrected chi connectivity index (χ4v) is 3.74. The molecule has 2 N–H and O–H groups in total. The maximum Gasteiger partial charge on any atom is 0.255 e. The number of imide groups is 1. The van der Waals surface area contributed by atoms with E-state index in [1.54, 1.807) is 30.3 Å². The van der Waals surface area contributed by atoms with Gasteiger partial charge < -0.3 is 10.2 Å². The number of piperidine rings is 1. The van der Waals surface area contributed by atoms with Crippen molar-refractivity contribution in [3.05, 3.63) is 64.5 Å². The van der Waals surface area contributed by atoms with Crippen molar-refractivity contribution in [2.75, 3.05) is 5.32 Å². The van der Waals surface area contributed by atoms with E-state index in [1.807, 2.05) is 6.07 Å². The molecule has 2 aliphatic rings. The summed E-state index contributed by atoms with van der Waals surface area (Å²) in [4.78, 5) is 37.8. The Morgan fingerprint density at radius 3 is 2.76 bits per heavy atom. The number of nitrogens with one attached hydrogen (secondary N) is 2. The zero-order valence-electron chi connectivity index (χ0n) is 15.4. The van der Waals surface area contributed by atoms with Crippen LogP contribution in [0.1, 0.15) is 39.9 Å². The standard InChI is InChI=1S/C21H17FN4O3/c22-19-12(9-23)3-1-4-13(19)10-24-16-6-2-5-14-15(16)11-26(21(14)29)17-7-8-18(27)25-20(17)28/h1-6,17,24H,7-8,10-11H2,(H,25,27,28)/t17-/m1/s1. The molecular weight excluding hydrogens is 375 g/mol. The third-order valence-corrected chi connectivity index (χ3v) is 5.25. The van der Waals surface area contributed by atoms with Crippen LogP contribution in [0.3, 0.4) is 0 Å². The minimum Gasteiger partial charge on any atom is -0.381 e. The molecule has 146 valence electrons. The lowest BCUT2D eigenvalue weighted by atomic mass is 10.0. The van der Waals surface area contributed by atoms with Crippen LogP contribution in [0.4, 0.5) is 10.1 Å². The van der Waals surface area contributed by atoms with Crippen molar-refractivity contribution in [3.63, 3.8) is 0 Å². The Labute approximate surface area is 166 Å². The zero-order valence-corrected chi connectivity index (χ0v) is 15.4. The first kappa shape index (κ1) is 18.6. The van der Waals surface area contributed by atoms with Gasteiger partial charge in [-0.05, 0) is 24.6 Å². The van der Waals surface area contributed by atoms with Crippen molar-refractivity contribution in [1.29, 1.82) is 5.26 Å². The molecule has 4 rings (SSSR count). The highest BCUT2D eigenvalue weighted by molar-refractivity contribution is 6.06. The number of amides is 3. The number of benzene rings is 2. The van der Waals surface area contributed by atoms with E-state index in [9.17, 15) is 18.8 Å². The van der Waals surface area contributed by atoms with Crippen molar-refractivity contribution >= 4 is 23.4 Å². The van der Waals surface area contributed by atoms with Gasteiger partial charge in [0.25, 0.3) is 5.91 Å². The number of carbonyl (C=O) groups excluding carboxylic acids is 3. The molecule has 2 aromatic rings. The largest absolute Gasteiger partial charge is 0.381 e. The summed E-state index contributed by atoms with van der Waals surface area (Å²) in [6, 6.07) is 10.9. The van der Waals surface area contributed by atoms with E-state index in [1.165, 1.54) is 11.0 Å². The molecule has 0 saturated carbocycles. The number of carbonyl (C=O) groups is 3. The summed E-state index contributed by atoms with van der Waals surface area (Å²) in [5, 5.41) is 14.4. The summed E-state index contributed by atoms with van der Waals surface area (Å²) in [5.74, 6) is -1.64. The molecule has 0 spiro atoms. The molecule has 2 heterocycles. The Kier molecular flexibility index (Phi) is 4.72. The monoisotopic (exact) mass is 392 g/mol. The first-order valence-corrected chi connectivity index (χ1v) is 9.17. The topological polar surface area (TPSA) is 102 Å². The summed E-state index contributed by atoms with van der Waals surface area (Å²) in [6.07, 6.45) is 0.482. The maximum absolute atomic E-state index is 14.3. The van der Waals surface area contributed by atoms with Crippen LogP contribution < -0.4 is 10.6 Å². The van der Waals surface area contributed by atoms with Gasteiger partial charge in [0.1, 0.15) is 17.9 Å². The predicted molar refractivity (Wildman–Crippen MR) is 101 cm³/mol. The van der Waals surface area contributed by atoms with E-state index >= 15 is 0 Å². The van der Waals surface area contributed by atoms with Gasteiger partial charge in [0.05, 0.1) is 5.56 Å². The molecule has 1 atom stereocenters. The van der Waals surface area contributed by atoms with Gasteiger partial charge in [0, 0.05) is 41.9 Å². The van der Waals surface area contributed by atoms with Crippen LogP contribution in [0.5, 0.6) is 0 Å². The van der Waals surface area contributed by atoms with Crippen LogP contribution in [-0.4, -0.2) is 28.7 Å². The number of nitriles is 1. The summed E-state index contributed by atoms with van der Waals surface area (Å²) in [6.45, 7) is 0.370. The molecule has 8 heteroatoms. The fraction of sp³-hybridized carbons (Fsp3) is 0.238. The molecule has 7 nitrogen and oxygen atoms in total. The third kappa shape index (κ3) is 3.31. The van der Waals surface area contributed by atoms with Crippen LogP contribution in [0.25, 0.3) is 0 Å². The van der Waals surface area contributed by atoms with Crippen molar-refractivity contribution in [3.8, 4) is 6.07 Å². The Morgan fingerprint density at radius 1 is 1.21 bits per heavy atom. The average molecular weight is 392 g/mol. The van der Waals surface area contributed by atoms with Gasteiger partial charge in [-0.3, -0.25) is 19.7 Å². The minimum absolute atomic E-state index is 0.0261. The second-order valence-corrected chi connectivity index (χ2v) is 6.98. The normalized spacial score (nSPS) is 18.3. The predicted octanol–water partition coefficient (Wildman–Crippen LogP) is 2.07. The highest BCUT2D eigenvalue weighted by Crippen LogP contribution is 2.32. The summed E-state index contributed by atoms with van der Waals surface area (Å²) < 4.78 is 14.3. The summed E-state index contributed by atoms with van der Waals surface area (Å²) in [5.41, 5.74) is 2.17. The highest BCUT2D eigenvalue weighted by Gasteiger charge is 2.39. The Bertz CT molecular complexity index is 1080. The molecule has 2 aromatic carbocycles. The van der Waals surface area contributed by atoms with Crippen LogP contribution >= 0.6 is 0 Å². The zero-order chi connectivity index (χ0) is 20.5. The number of nitrogens with zero attached hydrogens (tertiary/aromatic N) is 2. The van der Waals surface area contributed by atoms with E-state index < -0.39 is 17.8 Å². The number of hydrogen-bond donors (Lipinski definition) is 2. The maximum atomic E-state index is 14.3. The quantitative estimate of drug-likeness (QED) is 0.776. The van der Waals surface area contributed by atoms with Gasteiger partial charge in [0.15, 0.2) is 0 Å². The van der Waals surface area contributed by atoms with Gasteiger partial charge in [-0.2, -0.15) is 5.26 Å². The lowest BCUT2D eigenvalue weighted by Crippen LogP contribution is -2.52. The van der Waals surface area contributed by atoms with E-state index in [4.69, 9.17) is 5.26 Å². The SMILES string of the molecule is N#Cc1cccc(CNc2cccc3c2CN([C@@H]2CCC(=O)NC2=O)C3=O)c1F. The third-order valence-electron chi connectivity index (χ3n) is 5.25.